The third-order valence-corrected chi connectivity index (χ3v) is 4.08. The summed E-state index contributed by atoms with van der Waals surface area (Å²) >= 11 is 5.60. The van der Waals surface area contributed by atoms with Crippen LogP contribution in [-0.2, 0) is 9.59 Å². The summed E-state index contributed by atoms with van der Waals surface area (Å²) in [7, 11) is 1.50. The molecule has 6 heteroatoms. The van der Waals surface area contributed by atoms with Gasteiger partial charge in [0.1, 0.15) is 6.04 Å². The molecule has 0 N–H and O–H groups in total. The number of carbonyl (C=O) groups is 3. The number of hydrogen-bond acceptors (Lipinski definition) is 3. The topological polar surface area (TPSA) is 59.4 Å². The van der Waals surface area contributed by atoms with Crippen molar-refractivity contribution in [3.63, 3.8) is 0 Å². The van der Waals surface area contributed by atoms with Gasteiger partial charge in [-0.15, -0.1) is 11.6 Å². The van der Waals surface area contributed by atoms with Gasteiger partial charge in [-0.05, 0) is 26.3 Å². The minimum atomic E-state index is -0.422. The van der Waals surface area contributed by atoms with Crippen molar-refractivity contribution in [3.05, 3.63) is 23.0 Å². The highest BCUT2D eigenvalue weighted by Crippen LogP contribution is 2.28. The van der Waals surface area contributed by atoms with E-state index in [1.165, 1.54) is 7.05 Å². The van der Waals surface area contributed by atoms with Gasteiger partial charge >= 0.3 is 0 Å². The minimum absolute atomic E-state index is 0.0820. The largest absolute Gasteiger partial charge is 0.336 e. The Morgan fingerprint density at radius 1 is 1.40 bits per heavy atom. The number of nitrogens with zero attached hydrogens (tertiary/aromatic N) is 2. The van der Waals surface area contributed by atoms with Crippen molar-refractivity contribution in [3.8, 4) is 0 Å². The summed E-state index contributed by atoms with van der Waals surface area (Å²) in [4.78, 5) is 36.7. The highest BCUT2D eigenvalue weighted by atomic mass is 35.5. The molecule has 5 nitrogen and oxygen atoms in total. The molecule has 2 amide bonds. The number of aryl methyl sites for hydroxylation is 1. The van der Waals surface area contributed by atoms with Crippen molar-refractivity contribution in [1.82, 2.24) is 9.47 Å². The lowest BCUT2D eigenvalue weighted by Gasteiger charge is -2.30. The number of alkyl halides is 1. The molecule has 2 rings (SSSR count). The van der Waals surface area contributed by atoms with Gasteiger partial charge in [-0.3, -0.25) is 19.3 Å². The number of amides is 2. The second-order valence-electron chi connectivity index (χ2n) is 5.06. The van der Waals surface area contributed by atoms with Crippen LogP contribution in [0.5, 0.6) is 0 Å². The fourth-order valence-electron chi connectivity index (χ4n) is 2.75. The maximum Gasteiger partial charge on any atom is 0.251 e. The first-order valence-corrected chi connectivity index (χ1v) is 7.00. The fraction of sp³-hybridized carbons (Fsp3) is 0.500. The van der Waals surface area contributed by atoms with E-state index in [9.17, 15) is 14.4 Å². The SMILES string of the molecule is Cc1cc(C(=O)CCl)c(C)n1C1CCC(=O)N(C)C1=O. The van der Waals surface area contributed by atoms with Crippen molar-refractivity contribution < 1.29 is 14.4 Å². The van der Waals surface area contributed by atoms with Gasteiger partial charge in [-0.25, -0.2) is 0 Å². The lowest BCUT2D eigenvalue weighted by molar-refractivity contribution is -0.149. The van der Waals surface area contributed by atoms with E-state index >= 15 is 0 Å². The highest BCUT2D eigenvalue weighted by molar-refractivity contribution is 6.30. The van der Waals surface area contributed by atoms with Crippen LogP contribution in [0.2, 0.25) is 0 Å². The number of likely N-dealkylation sites (tertiary alicyclic amines) is 1. The molecule has 1 unspecified atom stereocenters. The number of imide groups is 1. The van der Waals surface area contributed by atoms with Crippen LogP contribution in [0.1, 0.15) is 40.6 Å². The van der Waals surface area contributed by atoms with Gasteiger partial charge in [0, 0.05) is 30.4 Å². The zero-order valence-corrected chi connectivity index (χ0v) is 12.5. The number of Topliss-reactive ketones (excluding diaryl/α,β-unsaturated/α-hetero) is 1. The van der Waals surface area contributed by atoms with E-state index in [-0.39, 0.29) is 23.5 Å². The third kappa shape index (κ3) is 2.26. The lowest BCUT2D eigenvalue weighted by Crippen LogP contribution is -2.43. The smallest absolute Gasteiger partial charge is 0.251 e. The summed E-state index contributed by atoms with van der Waals surface area (Å²) in [5.74, 6) is -0.626. The van der Waals surface area contributed by atoms with Gasteiger partial charge < -0.3 is 4.57 Å². The Hall–Kier alpha value is -1.62. The number of hydrogen-bond donors (Lipinski definition) is 0. The Balaban J connectivity index is 2.43. The lowest BCUT2D eigenvalue weighted by atomic mass is 10.0. The van der Waals surface area contributed by atoms with Crippen molar-refractivity contribution in [1.29, 1.82) is 0 Å². The molecule has 1 saturated heterocycles. The molecule has 108 valence electrons. The zero-order valence-electron chi connectivity index (χ0n) is 11.8. The van der Waals surface area contributed by atoms with Crippen molar-refractivity contribution >= 4 is 29.2 Å². The number of rotatable bonds is 3. The monoisotopic (exact) mass is 296 g/mol. The van der Waals surface area contributed by atoms with Gasteiger partial charge in [0.15, 0.2) is 5.78 Å². The summed E-state index contributed by atoms with van der Waals surface area (Å²) in [5, 5.41) is 0. The molecule has 0 aliphatic carbocycles. The zero-order chi connectivity index (χ0) is 15.0. The molecule has 1 atom stereocenters. The van der Waals surface area contributed by atoms with Crippen molar-refractivity contribution in [2.45, 2.75) is 32.7 Å². The fourth-order valence-corrected chi connectivity index (χ4v) is 2.89. The van der Waals surface area contributed by atoms with E-state index in [0.717, 1.165) is 16.3 Å². The van der Waals surface area contributed by atoms with E-state index in [0.29, 0.717) is 18.4 Å². The Kier molecular flexibility index (Phi) is 3.99. The van der Waals surface area contributed by atoms with Crippen LogP contribution in [0.4, 0.5) is 0 Å². The van der Waals surface area contributed by atoms with E-state index in [4.69, 9.17) is 11.6 Å². The van der Waals surface area contributed by atoms with E-state index in [1.807, 2.05) is 11.5 Å². The number of likely N-dealkylation sites (N-methyl/N-ethyl adjacent to an activating group) is 1. The van der Waals surface area contributed by atoms with E-state index in [1.54, 1.807) is 13.0 Å². The predicted octanol–water partition coefficient (Wildman–Crippen LogP) is 1.85. The van der Waals surface area contributed by atoms with Crippen molar-refractivity contribution in [2.24, 2.45) is 0 Å². The van der Waals surface area contributed by atoms with E-state index in [2.05, 4.69) is 0 Å². The first-order chi connectivity index (χ1) is 9.38. The van der Waals surface area contributed by atoms with Crippen LogP contribution in [0, 0.1) is 13.8 Å². The van der Waals surface area contributed by atoms with Crippen LogP contribution < -0.4 is 0 Å². The number of carbonyl (C=O) groups excluding carboxylic acids is 3. The Labute approximate surface area is 122 Å². The van der Waals surface area contributed by atoms with Crippen LogP contribution >= 0.6 is 11.6 Å². The van der Waals surface area contributed by atoms with E-state index < -0.39 is 6.04 Å². The minimum Gasteiger partial charge on any atom is -0.336 e. The standard InChI is InChI=1S/C14H17ClN2O3/c1-8-6-10(12(18)7-15)9(2)17(8)11-4-5-13(19)16(3)14(11)20/h6,11H,4-5,7H2,1-3H3. The third-order valence-electron chi connectivity index (χ3n) is 3.84. The number of piperidine rings is 1. The van der Waals surface area contributed by atoms with Gasteiger partial charge in [-0.1, -0.05) is 0 Å². The highest BCUT2D eigenvalue weighted by Gasteiger charge is 2.34. The molecule has 2 heterocycles. The number of aromatic nitrogens is 1. The summed E-state index contributed by atoms with van der Waals surface area (Å²) in [6.07, 6.45) is 0.801. The van der Waals surface area contributed by atoms with Crippen LogP contribution in [0.15, 0.2) is 6.07 Å². The average Bonchev–Trinajstić information content (AvgIpc) is 2.72. The molecule has 0 aromatic carbocycles. The van der Waals surface area contributed by atoms with Gasteiger partial charge in [0.05, 0.1) is 5.88 Å². The summed E-state index contributed by atoms with van der Waals surface area (Å²) in [6, 6.07) is 1.33. The van der Waals surface area contributed by atoms with Crippen LogP contribution in [-0.4, -0.2) is 40.0 Å². The van der Waals surface area contributed by atoms with Gasteiger partial charge in [0.2, 0.25) is 5.91 Å². The summed E-state index contributed by atoms with van der Waals surface area (Å²) in [6.45, 7) is 3.65. The Morgan fingerprint density at radius 3 is 2.65 bits per heavy atom. The molecule has 0 spiro atoms. The Bertz CT molecular complexity index is 591. The first-order valence-electron chi connectivity index (χ1n) is 6.46. The molecule has 1 aliphatic rings. The molecule has 0 saturated carbocycles. The number of ketones is 1. The number of halogens is 1. The maximum atomic E-state index is 12.3. The second kappa shape index (κ2) is 5.40. The molecule has 0 bridgehead atoms. The molecular weight excluding hydrogens is 280 g/mol. The molecule has 1 fully saturated rings. The Morgan fingerprint density at radius 2 is 2.05 bits per heavy atom. The summed E-state index contributed by atoms with van der Waals surface area (Å²) < 4.78 is 1.84. The molecule has 1 aromatic heterocycles. The molecule has 20 heavy (non-hydrogen) atoms. The quantitative estimate of drug-likeness (QED) is 0.486. The molecule has 1 aromatic rings. The first kappa shape index (κ1) is 14.8. The summed E-state index contributed by atoms with van der Waals surface area (Å²) in [5.41, 5.74) is 2.11. The van der Waals surface area contributed by atoms with Crippen LogP contribution in [0.25, 0.3) is 0 Å². The predicted molar refractivity (Wildman–Crippen MR) is 75.0 cm³/mol. The van der Waals surface area contributed by atoms with Crippen molar-refractivity contribution in [2.75, 3.05) is 12.9 Å². The average molecular weight is 297 g/mol. The van der Waals surface area contributed by atoms with Gasteiger partial charge in [0.25, 0.3) is 5.91 Å². The maximum absolute atomic E-state index is 12.3. The van der Waals surface area contributed by atoms with Crippen LogP contribution in [0.3, 0.4) is 0 Å². The molecular formula is C14H17ClN2O3. The second-order valence-corrected chi connectivity index (χ2v) is 5.32. The molecule has 1 aliphatic heterocycles. The molecule has 0 radical (unpaired) electrons. The normalized spacial score (nSPS) is 19.6. The van der Waals surface area contributed by atoms with Gasteiger partial charge in [-0.2, -0.15) is 0 Å².